The summed E-state index contributed by atoms with van der Waals surface area (Å²) < 4.78 is 0. The first-order valence-corrected chi connectivity index (χ1v) is 8.83. The van der Waals surface area contributed by atoms with Gasteiger partial charge in [0.25, 0.3) is 27.6 Å². The average Bonchev–Trinajstić information content (AvgIpc) is 2.81. The molecule has 3 aromatic heterocycles. The highest BCUT2D eigenvalue weighted by atomic mass is 16.7. The second kappa shape index (κ2) is 7.88. The van der Waals surface area contributed by atoms with Gasteiger partial charge in [-0.2, -0.15) is 4.98 Å². The van der Waals surface area contributed by atoms with Gasteiger partial charge >= 0.3 is 34.9 Å². The molecular formula is C13H4N12O11. The number of hydrogen-bond donors (Lipinski definition) is 1. The van der Waals surface area contributed by atoms with Crippen molar-refractivity contribution in [3.8, 4) is 0 Å². The van der Waals surface area contributed by atoms with Gasteiger partial charge in [-0.15, -0.1) is 0 Å². The van der Waals surface area contributed by atoms with Crippen LogP contribution < -0.4 is 5.06 Å². The number of rotatable bonds is 6. The van der Waals surface area contributed by atoms with Crippen molar-refractivity contribution in [1.82, 2.24) is 29.9 Å². The van der Waals surface area contributed by atoms with E-state index in [2.05, 4.69) is 29.9 Å². The standard InChI is InChI=1S/C13H4N12O11/c1-20(26)8-9(21(27)28)15-3-2(14-8)4-6(18-11(23(31)32)10(16-4)22(29)30)7-5(3)17-12(24(33)34)13(19-7)25(35)36/h20H,1H3. The first kappa shape index (κ1) is 23.3. The molecule has 0 bridgehead atoms. The Balaban J connectivity index is 2.41. The topological polar surface area (TPSA) is 321 Å². The number of hydrogen-bond acceptors (Lipinski definition) is 17. The summed E-state index contributed by atoms with van der Waals surface area (Å²) in [6.07, 6.45) is 0. The molecule has 3 heterocycles. The monoisotopic (exact) mass is 504 g/mol. The minimum absolute atomic E-state index is 0.656. The number of quaternary nitrogens is 1. The van der Waals surface area contributed by atoms with Gasteiger partial charge in [0.05, 0.1) is 7.05 Å². The van der Waals surface area contributed by atoms with Crippen LogP contribution in [0.4, 0.5) is 34.9 Å². The normalized spacial score (nSPS) is 12.1. The molecule has 4 aromatic rings. The van der Waals surface area contributed by atoms with Crippen molar-refractivity contribution in [3.05, 3.63) is 55.8 Å². The molecule has 0 saturated heterocycles. The lowest BCUT2D eigenvalue weighted by molar-refractivity contribution is -0.756. The first-order valence-electron chi connectivity index (χ1n) is 8.83. The van der Waals surface area contributed by atoms with Crippen LogP contribution in [0, 0.1) is 55.8 Å². The Kier molecular flexibility index (Phi) is 5.11. The van der Waals surface area contributed by atoms with Gasteiger partial charge in [0.15, 0.2) is 5.52 Å². The summed E-state index contributed by atoms with van der Waals surface area (Å²) in [6.45, 7) is 0. The minimum atomic E-state index is -1.45. The van der Waals surface area contributed by atoms with E-state index in [-0.39, 0.29) is 0 Å². The van der Waals surface area contributed by atoms with Gasteiger partial charge in [-0.1, -0.05) is 0 Å². The largest absolute Gasteiger partial charge is 0.628 e. The molecule has 0 amide bonds. The molecule has 0 radical (unpaired) electrons. The third-order valence-electron chi connectivity index (χ3n) is 4.47. The molecule has 182 valence electrons. The number of benzene rings is 1. The molecule has 0 spiro atoms. The molecule has 0 fully saturated rings. The smallest absolute Gasteiger partial charge is 0.463 e. The maximum atomic E-state index is 12.0. The lowest BCUT2D eigenvalue weighted by Crippen LogP contribution is -2.98. The van der Waals surface area contributed by atoms with E-state index in [4.69, 9.17) is 0 Å². The van der Waals surface area contributed by atoms with E-state index in [0.717, 1.165) is 7.05 Å². The Morgan fingerprint density at radius 3 is 0.917 bits per heavy atom. The molecule has 0 saturated carbocycles. The summed E-state index contributed by atoms with van der Waals surface area (Å²) in [4.78, 5) is 72.0. The van der Waals surface area contributed by atoms with E-state index in [0.29, 0.717) is 0 Å². The van der Waals surface area contributed by atoms with Crippen molar-refractivity contribution in [3.63, 3.8) is 0 Å². The zero-order valence-corrected chi connectivity index (χ0v) is 16.9. The van der Waals surface area contributed by atoms with E-state index >= 15 is 0 Å². The number of aromatic nitrogens is 6. The van der Waals surface area contributed by atoms with Gasteiger partial charge in [0, 0.05) is 0 Å². The van der Waals surface area contributed by atoms with Crippen LogP contribution in [0.25, 0.3) is 33.1 Å². The number of nitrogens with zero attached hydrogens (tertiary/aromatic N) is 11. The lowest BCUT2D eigenvalue weighted by atomic mass is 10.2. The zero-order chi connectivity index (χ0) is 26.6. The van der Waals surface area contributed by atoms with E-state index < -0.39 is 97.7 Å². The van der Waals surface area contributed by atoms with Crippen LogP contribution in [0.1, 0.15) is 0 Å². The quantitative estimate of drug-likeness (QED) is 0.200. The average molecular weight is 504 g/mol. The van der Waals surface area contributed by atoms with Crippen molar-refractivity contribution < 1.29 is 29.7 Å². The molecule has 0 aliphatic carbocycles. The fourth-order valence-corrected chi connectivity index (χ4v) is 3.11. The molecule has 36 heavy (non-hydrogen) atoms. The lowest BCUT2D eigenvalue weighted by Gasteiger charge is -2.13. The van der Waals surface area contributed by atoms with Crippen molar-refractivity contribution >= 4 is 68.0 Å². The molecule has 23 heteroatoms. The van der Waals surface area contributed by atoms with E-state index in [1.807, 2.05) is 0 Å². The fourth-order valence-electron chi connectivity index (χ4n) is 3.11. The minimum Gasteiger partial charge on any atom is -0.628 e. The Morgan fingerprint density at radius 2 is 0.694 bits per heavy atom. The van der Waals surface area contributed by atoms with Crippen LogP contribution in [-0.4, -0.2) is 61.6 Å². The zero-order valence-electron chi connectivity index (χ0n) is 16.9. The summed E-state index contributed by atoms with van der Waals surface area (Å²) in [5.41, 5.74) is -4.43. The number of fused-ring (bicyclic) bond motifs is 6. The van der Waals surface area contributed by atoms with Crippen LogP contribution in [0.5, 0.6) is 0 Å². The van der Waals surface area contributed by atoms with Crippen molar-refractivity contribution in [2.24, 2.45) is 0 Å². The van der Waals surface area contributed by atoms with Crippen LogP contribution in [0.15, 0.2) is 0 Å². The Hall–Kier alpha value is -5.84. The third-order valence-corrected chi connectivity index (χ3v) is 4.47. The van der Waals surface area contributed by atoms with Gasteiger partial charge in [-0.25, -0.2) is 0 Å². The summed E-state index contributed by atoms with van der Waals surface area (Å²) in [5, 5.41) is 67.9. The summed E-state index contributed by atoms with van der Waals surface area (Å²) in [7, 11) is 0.874. The Morgan fingerprint density at radius 1 is 0.472 bits per heavy atom. The summed E-state index contributed by atoms with van der Waals surface area (Å²) in [6, 6.07) is 0. The number of nitro groups is 5. The predicted octanol–water partition coefficient (Wildman–Crippen LogP) is -0.299. The van der Waals surface area contributed by atoms with Crippen molar-refractivity contribution in [2.45, 2.75) is 0 Å². The molecule has 23 nitrogen and oxygen atoms in total. The van der Waals surface area contributed by atoms with Gasteiger partial charge in [0.1, 0.15) is 0 Å². The summed E-state index contributed by atoms with van der Waals surface area (Å²) >= 11 is 0. The predicted molar refractivity (Wildman–Crippen MR) is 109 cm³/mol. The van der Waals surface area contributed by atoms with Crippen molar-refractivity contribution in [2.75, 3.05) is 7.05 Å². The highest BCUT2D eigenvalue weighted by Crippen LogP contribution is 2.37. The SMILES string of the molecule is C[NH+]([O-])c1nc2c3nc([N+](=O)[O-])c([N+](=O)[O-])nc3c3nc([N+](=O)[O-])c([N+](=O)[O-])nc3c2nc1[N+](=O)[O-]. The maximum absolute atomic E-state index is 12.0. The van der Waals surface area contributed by atoms with E-state index in [1.54, 1.807) is 0 Å². The fraction of sp³-hybridized carbons (Fsp3) is 0.0769. The molecule has 0 aliphatic heterocycles. The van der Waals surface area contributed by atoms with E-state index in [1.165, 1.54) is 0 Å². The number of hydroxylamine groups is 1. The number of nitrogens with one attached hydrogen (secondary N) is 1. The molecule has 1 unspecified atom stereocenters. The molecular weight excluding hydrogens is 500 g/mol. The van der Waals surface area contributed by atoms with E-state index in [9.17, 15) is 55.8 Å². The first-order chi connectivity index (χ1) is 16.8. The highest BCUT2D eigenvalue weighted by molar-refractivity contribution is 6.19. The maximum Gasteiger partial charge on any atom is 0.463 e. The summed E-state index contributed by atoms with van der Waals surface area (Å²) in [5.74, 6) is -7.74. The Labute approximate surface area is 191 Å². The molecule has 4 rings (SSSR count). The van der Waals surface area contributed by atoms with Crippen LogP contribution >= 0.6 is 0 Å². The third kappa shape index (κ3) is 3.40. The van der Waals surface area contributed by atoms with Gasteiger partial charge < -0.3 is 60.8 Å². The van der Waals surface area contributed by atoms with Gasteiger partial charge in [-0.3, -0.25) is 0 Å². The van der Waals surface area contributed by atoms with Gasteiger partial charge in [0.2, 0.25) is 0 Å². The van der Waals surface area contributed by atoms with Crippen LogP contribution in [0.3, 0.4) is 0 Å². The molecule has 1 atom stereocenters. The second-order valence-corrected chi connectivity index (χ2v) is 6.57. The van der Waals surface area contributed by atoms with Gasteiger partial charge in [-0.05, 0) is 49.5 Å². The Bertz CT molecular complexity index is 1670. The van der Waals surface area contributed by atoms with Crippen LogP contribution in [-0.2, 0) is 0 Å². The molecule has 0 aliphatic rings. The van der Waals surface area contributed by atoms with Crippen molar-refractivity contribution in [1.29, 1.82) is 0 Å². The van der Waals surface area contributed by atoms with Crippen LogP contribution in [0.2, 0.25) is 0 Å². The molecule has 1 N–H and O–H groups in total. The second-order valence-electron chi connectivity index (χ2n) is 6.57. The molecule has 1 aromatic carbocycles. The highest BCUT2D eigenvalue weighted by Gasteiger charge is 2.42.